The van der Waals surface area contributed by atoms with Gasteiger partial charge in [0.2, 0.25) is 5.91 Å². The number of carbonyl (C=O) groups excluding carboxylic acids is 1. The highest BCUT2D eigenvalue weighted by atomic mass is 16.3. The second-order valence-electron chi connectivity index (χ2n) is 17.0. The lowest BCUT2D eigenvalue weighted by molar-refractivity contribution is -0.131. The lowest BCUT2D eigenvalue weighted by Crippen LogP contribution is -2.49. The zero-order chi connectivity index (χ0) is 39.4. The Morgan fingerprint density at radius 3 is 1.02 bits per heavy atom. The number of carbonyl (C=O) groups is 1. The van der Waals surface area contributed by atoms with Crippen molar-refractivity contribution < 1.29 is 20.1 Å². The predicted molar refractivity (Wildman–Crippen MR) is 236 cm³/mol. The molecule has 0 aromatic heterocycles. The molecule has 0 heterocycles. The van der Waals surface area contributed by atoms with Gasteiger partial charge in [0.05, 0.1) is 18.8 Å². The van der Waals surface area contributed by atoms with Crippen LogP contribution in [0.2, 0.25) is 0 Å². The molecule has 0 aromatic carbocycles. The fourth-order valence-electron chi connectivity index (χ4n) is 7.78. The van der Waals surface area contributed by atoms with Gasteiger partial charge in [0.15, 0.2) is 0 Å². The maximum Gasteiger partial charge on any atom is 0.249 e. The summed E-state index contributed by atoms with van der Waals surface area (Å²) in [6.45, 7) is 4.23. The molecule has 3 unspecified atom stereocenters. The molecule has 5 nitrogen and oxygen atoms in total. The highest BCUT2D eigenvalue weighted by Gasteiger charge is 2.23. The summed E-state index contributed by atoms with van der Waals surface area (Å²) in [5, 5.41) is 33.2. The van der Waals surface area contributed by atoms with E-state index in [1.165, 1.54) is 212 Å². The second-order valence-corrected chi connectivity index (χ2v) is 17.0. The summed E-state index contributed by atoms with van der Waals surface area (Å²) in [4.78, 5) is 12.5. The van der Waals surface area contributed by atoms with E-state index in [-0.39, 0.29) is 6.61 Å². The first-order chi connectivity index (χ1) is 26.6. The molecule has 0 aromatic rings. The van der Waals surface area contributed by atoms with E-state index in [9.17, 15) is 20.1 Å². The largest absolute Gasteiger partial charge is 0.394 e. The molecule has 0 aliphatic heterocycles. The molecule has 0 aliphatic rings. The van der Waals surface area contributed by atoms with Gasteiger partial charge in [0.1, 0.15) is 6.10 Å². The minimum Gasteiger partial charge on any atom is -0.394 e. The summed E-state index contributed by atoms with van der Waals surface area (Å²) in [5.74, 6) is -0.469. The van der Waals surface area contributed by atoms with E-state index < -0.39 is 24.2 Å². The highest BCUT2D eigenvalue weighted by Crippen LogP contribution is 2.17. The Bertz CT molecular complexity index is 758. The molecule has 0 saturated carbocycles. The summed E-state index contributed by atoms with van der Waals surface area (Å²) in [6.07, 6.45) is 53.9. The van der Waals surface area contributed by atoms with Crippen molar-refractivity contribution in [3.8, 4) is 0 Å². The zero-order valence-electron chi connectivity index (χ0n) is 36.6. The summed E-state index contributed by atoms with van der Waals surface area (Å²) in [7, 11) is 0. The molecule has 0 rings (SSSR count). The molecule has 0 fully saturated rings. The third-order valence-electron chi connectivity index (χ3n) is 11.6. The summed E-state index contributed by atoms with van der Waals surface area (Å²) in [6, 6.07) is -0.707. The molecular formula is C49H97NO4. The van der Waals surface area contributed by atoms with Crippen molar-refractivity contribution in [2.75, 3.05) is 6.61 Å². The third-order valence-corrected chi connectivity index (χ3v) is 11.6. The van der Waals surface area contributed by atoms with Crippen LogP contribution >= 0.6 is 0 Å². The fraction of sp³-hybridized carbons (Fsp3) is 0.939. The first-order valence-corrected chi connectivity index (χ1v) is 24.5. The monoisotopic (exact) mass is 764 g/mol. The smallest absolute Gasteiger partial charge is 0.249 e. The van der Waals surface area contributed by atoms with Crippen molar-refractivity contribution in [1.82, 2.24) is 5.32 Å². The average Bonchev–Trinajstić information content (AvgIpc) is 3.18. The number of amides is 1. The van der Waals surface area contributed by atoms with Crippen LogP contribution in [0.15, 0.2) is 12.2 Å². The second kappa shape index (κ2) is 44.8. The van der Waals surface area contributed by atoms with Crippen LogP contribution in [0.3, 0.4) is 0 Å². The summed E-state index contributed by atoms with van der Waals surface area (Å²) >= 11 is 0. The van der Waals surface area contributed by atoms with Gasteiger partial charge in [-0.3, -0.25) is 4.79 Å². The average molecular weight is 764 g/mol. The third kappa shape index (κ3) is 39.3. The molecule has 4 N–H and O–H groups in total. The quantitative estimate of drug-likeness (QED) is 0.0367. The molecule has 0 radical (unpaired) electrons. The SMILES string of the molecule is CCCCCCCCCCCCCC/C=C\CCCCCCCCCCCCCCCCC(O)C(=O)NC(CO)C(O)CCCCCCCCCCCC. The van der Waals surface area contributed by atoms with Crippen LogP contribution in [0.5, 0.6) is 0 Å². The number of hydrogen-bond acceptors (Lipinski definition) is 4. The Morgan fingerprint density at radius 1 is 0.426 bits per heavy atom. The van der Waals surface area contributed by atoms with Gasteiger partial charge in [-0.05, 0) is 38.5 Å². The maximum absolute atomic E-state index is 12.5. The maximum atomic E-state index is 12.5. The van der Waals surface area contributed by atoms with E-state index in [1.54, 1.807) is 0 Å². The van der Waals surface area contributed by atoms with E-state index >= 15 is 0 Å². The van der Waals surface area contributed by atoms with E-state index in [2.05, 4.69) is 31.3 Å². The van der Waals surface area contributed by atoms with Gasteiger partial charge in [-0.2, -0.15) is 0 Å². The Labute approximate surface area is 338 Å². The fourth-order valence-corrected chi connectivity index (χ4v) is 7.78. The van der Waals surface area contributed by atoms with Gasteiger partial charge in [-0.1, -0.05) is 244 Å². The standard InChI is InChI=1S/C49H97NO4/c1-3-5-7-9-11-13-15-16-17-18-19-20-21-22-23-24-25-26-27-28-29-30-31-32-33-34-36-38-40-42-44-48(53)49(54)50-46(45-51)47(52)43-41-39-37-35-14-12-10-8-6-4-2/h22-23,46-48,51-53H,3-21,24-45H2,1-2H3,(H,50,54)/b23-22-. The lowest BCUT2D eigenvalue weighted by Gasteiger charge is -2.23. The van der Waals surface area contributed by atoms with Crippen LogP contribution in [-0.4, -0.2) is 46.1 Å². The van der Waals surface area contributed by atoms with Gasteiger partial charge >= 0.3 is 0 Å². The molecule has 322 valence electrons. The molecule has 0 spiro atoms. The number of aliphatic hydroxyl groups excluding tert-OH is 3. The Balaban J connectivity index is 3.47. The van der Waals surface area contributed by atoms with Gasteiger partial charge < -0.3 is 20.6 Å². The van der Waals surface area contributed by atoms with E-state index in [0.717, 1.165) is 32.1 Å². The zero-order valence-corrected chi connectivity index (χ0v) is 36.6. The van der Waals surface area contributed by atoms with Crippen LogP contribution in [0, 0.1) is 0 Å². The summed E-state index contributed by atoms with van der Waals surface area (Å²) < 4.78 is 0. The highest BCUT2D eigenvalue weighted by molar-refractivity contribution is 5.80. The van der Waals surface area contributed by atoms with E-state index in [4.69, 9.17) is 0 Å². The molecule has 0 saturated heterocycles. The van der Waals surface area contributed by atoms with Gasteiger partial charge in [0.25, 0.3) is 0 Å². The molecular weight excluding hydrogens is 667 g/mol. The van der Waals surface area contributed by atoms with Crippen LogP contribution in [0.4, 0.5) is 0 Å². The number of rotatable bonds is 45. The Morgan fingerprint density at radius 2 is 0.704 bits per heavy atom. The van der Waals surface area contributed by atoms with Gasteiger partial charge in [-0.25, -0.2) is 0 Å². The van der Waals surface area contributed by atoms with Crippen LogP contribution < -0.4 is 5.32 Å². The number of nitrogens with one attached hydrogen (secondary N) is 1. The minimum absolute atomic E-state index is 0.310. The number of unbranched alkanes of at least 4 members (excludes halogenated alkanes) is 35. The van der Waals surface area contributed by atoms with Crippen molar-refractivity contribution in [2.24, 2.45) is 0 Å². The Kier molecular flexibility index (Phi) is 44.0. The lowest BCUT2D eigenvalue weighted by atomic mass is 10.0. The molecule has 0 aliphatic carbocycles. The number of hydrogen-bond donors (Lipinski definition) is 4. The first-order valence-electron chi connectivity index (χ1n) is 24.5. The number of aliphatic hydroxyl groups is 3. The van der Waals surface area contributed by atoms with Gasteiger partial charge in [0, 0.05) is 0 Å². The van der Waals surface area contributed by atoms with Crippen molar-refractivity contribution in [3.63, 3.8) is 0 Å². The van der Waals surface area contributed by atoms with Gasteiger partial charge in [-0.15, -0.1) is 0 Å². The summed E-state index contributed by atoms with van der Waals surface area (Å²) in [5.41, 5.74) is 0. The molecule has 54 heavy (non-hydrogen) atoms. The molecule has 5 heteroatoms. The Hall–Kier alpha value is -0.910. The number of allylic oxidation sites excluding steroid dienone is 2. The topological polar surface area (TPSA) is 89.8 Å². The van der Waals surface area contributed by atoms with Crippen molar-refractivity contribution in [3.05, 3.63) is 12.2 Å². The molecule has 3 atom stereocenters. The minimum atomic E-state index is -1.07. The predicted octanol–water partition coefficient (Wildman–Crippen LogP) is 14.4. The van der Waals surface area contributed by atoms with Crippen LogP contribution in [-0.2, 0) is 4.79 Å². The first kappa shape index (κ1) is 53.1. The molecule has 0 bridgehead atoms. The van der Waals surface area contributed by atoms with E-state index in [0.29, 0.717) is 12.8 Å². The van der Waals surface area contributed by atoms with Crippen LogP contribution in [0.25, 0.3) is 0 Å². The molecule has 1 amide bonds. The van der Waals surface area contributed by atoms with Crippen molar-refractivity contribution >= 4 is 5.91 Å². The normalized spacial score (nSPS) is 13.5. The van der Waals surface area contributed by atoms with E-state index in [1.807, 2.05) is 0 Å². The van der Waals surface area contributed by atoms with Crippen molar-refractivity contribution in [2.45, 2.75) is 289 Å². The van der Waals surface area contributed by atoms with Crippen LogP contribution in [0.1, 0.15) is 271 Å². The van der Waals surface area contributed by atoms with Crippen molar-refractivity contribution in [1.29, 1.82) is 0 Å².